The van der Waals surface area contributed by atoms with Gasteiger partial charge in [-0.15, -0.1) is 12.6 Å². The van der Waals surface area contributed by atoms with Gasteiger partial charge in [0.25, 0.3) is 5.91 Å². The van der Waals surface area contributed by atoms with E-state index in [2.05, 4.69) is 23.3 Å². The summed E-state index contributed by atoms with van der Waals surface area (Å²) in [6, 6.07) is 7.82. The smallest absolute Gasteiger partial charge is 0.355 e. The van der Waals surface area contributed by atoms with E-state index >= 15 is 0 Å². The molecule has 2 aromatic carbocycles. The minimum atomic E-state index is -4.84. The Kier molecular flexibility index (Phi) is 5.29. The lowest BCUT2D eigenvalue weighted by molar-refractivity contribution is -0.137. The van der Waals surface area contributed by atoms with Crippen molar-refractivity contribution in [1.82, 2.24) is 10.6 Å². The number of nitrogens with one attached hydrogen (secondary N) is 2. The molecule has 3 rings (SSSR count). The first-order valence-corrected chi connectivity index (χ1v) is 9.56. The van der Waals surface area contributed by atoms with Crippen molar-refractivity contribution in [2.45, 2.75) is 30.6 Å². The van der Waals surface area contributed by atoms with Crippen LogP contribution in [0.2, 0.25) is 0 Å². The van der Waals surface area contributed by atoms with Crippen molar-refractivity contribution in [3.05, 3.63) is 64.5 Å². The molecule has 32 heavy (non-hydrogen) atoms. The summed E-state index contributed by atoms with van der Waals surface area (Å²) in [4.78, 5) is 24.1. The number of hydrogen-bond acceptors (Lipinski definition) is 5. The molecule has 1 fully saturated rings. The van der Waals surface area contributed by atoms with Crippen LogP contribution in [0.1, 0.15) is 42.3 Å². The molecule has 11 heteroatoms. The number of nitrogens with zero attached hydrogens (tertiary/aromatic N) is 2. The second-order valence-corrected chi connectivity index (χ2v) is 8.21. The van der Waals surface area contributed by atoms with Gasteiger partial charge in [-0.1, -0.05) is 6.07 Å². The van der Waals surface area contributed by atoms with E-state index < -0.39 is 52.5 Å². The quantitative estimate of drug-likeness (QED) is 0.476. The van der Waals surface area contributed by atoms with E-state index in [0.717, 1.165) is 18.2 Å². The zero-order valence-electron chi connectivity index (χ0n) is 17.8. The predicted octanol–water partition coefficient (Wildman–Crippen LogP) is 3.53. The van der Waals surface area contributed by atoms with Crippen LogP contribution < -0.4 is 15.5 Å². The minimum Gasteiger partial charge on any atom is -0.355 e. The maximum Gasteiger partial charge on any atom is 0.417 e. The Labute approximate surface area is 188 Å². The van der Waals surface area contributed by atoms with Crippen molar-refractivity contribution >= 4 is 30.1 Å². The molecule has 0 saturated carbocycles. The standard InChI is InChI=1S/C21H18F4N4O2S/c1-19(2)18(31)28-21(32,12-5-4-11(10-26)15(8-12)20(23,24)25)29(19)13-6-7-14(16(22)9-13)17(30)27-3/h4-9,32H,1-3H3,(H,27,30)(H,28,31)/i3D. The van der Waals surface area contributed by atoms with Crippen LogP contribution >= 0.6 is 12.6 Å². The van der Waals surface area contributed by atoms with Gasteiger partial charge < -0.3 is 15.5 Å². The summed E-state index contributed by atoms with van der Waals surface area (Å²) in [6.45, 7) is 2.96. The number of alkyl halides is 3. The van der Waals surface area contributed by atoms with Crippen molar-refractivity contribution in [3.63, 3.8) is 0 Å². The molecule has 0 spiro atoms. The van der Waals surface area contributed by atoms with Crippen molar-refractivity contribution in [2.75, 3.05) is 11.9 Å². The average molecular weight is 467 g/mol. The highest BCUT2D eigenvalue weighted by molar-refractivity contribution is 7.81. The molecule has 0 bridgehead atoms. The highest BCUT2D eigenvalue weighted by Crippen LogP contribution is 2.46. The average Bonchev–Trinajstić information content (AvgIpc) is 2.91. The van der Waals surface area contributed by atoms with Crippen molar-refractivity contribution in [2.24, 2.45) is 0 Å². The Morgan fingerprint density at radius 3 is 2.53 bits per heavy atom. The Hall–Kier alpha value is -3.26. The van der Waals surface area contributed by atoms with Gasteiger partial charge >= 0.3 is 6.18 Å². The van der Waals surface area contributed by atoms with Crippen molar-refractivity contribution < 1.29 is 28.5 Å². The van der Waals surface area contributed by atoms with Gasteiger partial charge in [0, 0.05) is 19.6 Å². The second kappa shape index (κ2) is 7.70. The Balaban J connectivity index is 2.19. The van der Waals surface area contributed by atoms with Crippen LogP contribution in [0.4, 0.5) is 23.2 Å². The normalized spacial score (nSPS) is 20.4. The summed E-state index contributed by atoms with van der Waals surface area (Å²) >= 11 is 4.51. The van der Waals surface area contributed by atoms with Crippen LogP contribution in [0.25, 0.3) is 0 Å². The third-order valence-corrected chi connectivity index (χ3v) is 5.76. The van der Waals surface area contributed by atoms with Gasteiger partial charge in [-0.2, -0.15) is 18.4 Å². The first kappa shape index (κ1) is 22.0. The number of rotatable bonds is 3. The van der Waals surface area contributed by atoms with Gasteiger partial charge in [-0.25, -0.2) is 4.39 Å². The lowest BCUT2D eigenvalue weighted by Gasteiger charge is -2.41. The molecule has 1 saturated heterocycles. The Morgan fingerprint density at radius 2 is 1.97 bits per heavy atom. The van der Waals surface area contributed by atoms with Crippen LogP contribution in [-0.2, 0) is 16.0 Å². The van der Waals surface area contributed by atoms with Gasteiger partial charge in [0.15, 0.2) is 4.99 Å². The van der Waals surface area contributed by atoms with E-state index in [1.807, 2.05) is 0 Å². The molecule has 0 aliphatic carbocycles. The van der Waals surface area contributed by atoms with Crippen molar-refractivity contribution in [1.29, 1.82) is 5.26 Å². The number of carbonyl (C=O) groups excluding carboxylic acids is 2. The van der Waals surface area contributed by atoms with Gasteiger partial charge in [0.2, 0.25) is 5.91 Å². The van der Waals surface area contributed by atoms with E-state index in [-0.39, 0.29) is 16.8 Å². The molecule has 6 nitrogen and oxygen atoms in total. The SMILES string of the molecule is [2H]CNC(=O)c1ccc(N2C(C)(C)C(=O)NC2(S)c2ccc(C#N)c(C(F)(F)F)c2)cc1F. The Bertz CT molecular complexity index is 1180. The number of amides is 2. The third kappa shape index (κ3) is 3.64. The number of benzene rings is 2. The number of halogens is 4. The summed E-state index contributed by atoms with van der Waals surface area (Å²) in [6.07, 6.45) is -4.84. The topological polar surface area (TPSA) is 85.2 Å². The summed E-state index contributed by atoms with van der Waals surface area (Å²) < 4.78 is 62.4. The zero-order chi connectivity index (χ0) is 24.8. The molecule has 1 aliphatic heterocycles. The highest BCUT2D eigenvalue weighted by atomic mass is 32.1. The van der Waals surface area contributed by atoms with E-state index in [4.69, 9.17) is 6.63 Å². The number of anilines is 1. The second-order valence-electron chi connectivity index (χ2n) is 7.56. The molecule has 1 atom stereocenters. The summed E-state index contributed by atoms with van der Waals surface area (Å²) in [5, 5.41) is 13.8. The maximum atomic E-state index is 14.7. The third-order valence-electron chi connectivity index (χ3n) is 5.19. The fraction of sp³-hybridized carbons (Fsp3) is 0.286. The molecule has 2 N–H and O–H groups in total. The van der Waals surface area contributed by atoms with Gasteiger partial charge in [-0.3, -0.25) is 9.59 Å². The number of carbonyl (C=O) groups is 2. The van der Waals surface area contributed by atoms with E-state index in [1.165, 1.54) is 36.9 Å². The molecule has 1 heterocycles. The van der Waals surface area contributed by atoms with Crippen LogP contribution in [0.15, 0.2) is 36.4 Å². The fourth-order valence-corrected chi connectivity index (χ4v) is 4.21. The molecule has 2 aromatic rings. The zero-order valence-corrected chi connectivity index (χ0v) is 17.7. The largest absolute Gasteiger partial charge is 0.417 e. The molecule has 168 valence electrons. The van der Waals surface area contributed by atoms with Gasteiger partial charge in [0.05, 0.1) is 22.8 Å². The summed E-state index contributed by atoms with van der Waals surface area (Å²) in [5.41, 5.74) is -3.58. The molecule has 1 unspecified atom stereocenters. The van der Waals surface area contributed by atoms with Gasteiger partial charge in [-0.05, 0) is 44.2 Å². The molecule has 1 aliphatic rings. The van der Waals surface area contributed by atoms with E-state index in [0.29, 0.717) is 6.07 Å². The molecule has 2 amide bonds. The summed E-state index contributed by atoms with van der Waals surface area (Å²) in [7, 11) is -0.461. The lowest BCUT2D eigenvalue weighted by Crippen LogP contribution is -2.50. The minimum absolute atomic E-state index is 0.0613. The Morgan fingerprint density at radius 1 is 1.28 bits per heavy atom. The van der Waals surface area contributed by atoms with E-state index in [1.54, 1.807) is 0 Å². The monoisotopic (exact) mass is 467 g/mol. The summed E-state index contributed by atoms with van der Waals surface area (Å²) in [5.74, 6) is -2.37. The van der Waals surface area contributed by atoms with Crippen LogP contribution in [0, 0.1) is 17.1 Å². The predicted molar refractivity (Wildman–Crippen MR) is 111 cm³/mol. The first-order chi connectivity index (χ1) is 15.3. The van der Waals surface area contributed by atoms with Crippen LogP contribution in [0.5, 0.6) is 0 Å². The fourth-order valence-electron chi connectivity index (χ4n) is 3.60. The molecular formula is C21H18F4N4O2S. The number of hydrogen-bond donors (Lipinski definition) is 3. The van der Waals surface area contributed by atoms with Crippen LogP contribution in [-0.4, -0.2) is 24.4 Å². The lowest BCUT2D eigenvalue weighted by atomic mass is 9.99. The number of nitriles is 1. The van der Waals surface area contributed by atoms with Crippen molar-refractivity contribution in [3.8, 4) is 6.07 Å². The van der Waals surface area contributed by atoms with Crippen LogP contribution in [0.3, 0.4) is 0 Å². The van der Waals surface area contributed by atoms with E-state index in [9.17, 15) is 27.2 Å². The molecule has 0 radical (unpaired) electrons. The first-order valence-electron chi connectivity index (χ1n) is 9.82. The molecule has 0 aromatic heterocycles. The van der Waals surface area contributed by atoms with Gasteiger partial charge in [0.1, 0.15) is 11.4 Å². The highest BCUT2D eigenvalue weighted by Gasteiger charge is 2.55. The number of thiol groups is 1. The molecular weight excluding hydrogens is 448 g/mol. The maximum absolute atomic E-state index is 14.7.